The van der Waals surface area contributed by atoms with Crippen LogP contribution in [-0.2, 0) is 4.79 Å². The standard InChI is InChI=1S/C25H26ClN3O.ClH/c26-21-8-3-7-19(15-21)20-16-23(27-17-20)25(30)29-13-11-28(12-14-29)24-10-4-6-18-5-1-2-9-22(18)24;/h1-10,15,20,23,27H,11-14,16-17H2;1H/t20-,23-;/m1./s1. The molecule has 4 nitrogen and oxygen atoms in total. The number of nitrogens with one attached hydrogen (secondary N) is 1. The SMILES string of the molecule is Cl.O=C([C@H]1C[C@@H](c2cccc(Cl)c2)CN1)N1CCN(c2cccc3ccccc23)CC1. The lowest BCUT2D eigenvalue weighted by Gasteiger charge is -2.37. The monoisotopic (exact) mass is 455 g/mol. The molecule has 0 spiro atoms. The summed E-state index contributed by atoms with van der Waals surface area (Å²) in [6.45, 7) is 4.09. The lowest BCUT2D eigenvalue weighted by atomic mass is 9.96. The average Bonchev–Trinajstić information content (AvgIpc) is 3.29. The minimum atomic E-state index is -0.0990. The number of piperazine rings is 1. The molecule has 2 aliphatic rings. The predicted octanol–water partition coefficient (Wildman–Crippen LogP) is 4.71. The number of rotatable bonds is 3. The van der Waals surface area contributed by atoms with Crippen molar-refractivity contribution < 1.29 is 4.79 Å². The molecule has 31 heavy (non-hydrogen) atoms. The Hall–Kier alpha value is -2.27. The topological polar surface area (TPSA) is 35.6 Å². The van der Waals surface area contributed by atoms with Gasteiger partial charge in [-0.05, 0) is 41.5 Å². The first-order valence-corrected chi connectivity index (χ1v) is 11.1. The zero-order chi connectivity index (χ0) is 20.5. The summed E-state index contributed by atoms with van der Waals surface area (Å²) in [5, 5.41) is 6.74. The molecule has 0 aliphatic carbocycles. The van der Waals surface area contributed by atoms with Crippen molar-refractivity contribution in [1.29, 1.82) is 0 Å². The summed E-state index contributed by atoms with van der Waals surface area (Å²) in [5.41, 5.74) is 2.48. The van der Waals surface area contributed by atoms with Gasteiger partial charge >= 0.3 is 0 Å². The highest BCUT2D eigenvalue weighted by Gasteiger charge is 2.34. The van der Waals surface area contributed by atoms with Gasteiger partial charge in [0.15, 0.2) is 0 Å². The largest absolute Gasteiger partial charge is 0.367 e. The second-order valence-electron chi connectivity index (χ2n) is 8.26. The smallest absolute Gasteiger partial charge is 0.239 e. The molecule has 0 unspecified atom stereocenters. The van der Waals surface area contributed by atoms with Crippen LogP contribution >= 0.6 is 24.0 Å². The van der Waals surface area contributed by atoms with Gasteiger partial charge < -0.3 is 15.1 Å². The molecule has 0 radical (unpaired) electrons. The number of hydrogen-bond acceptors (Lipinski definition) is 3. The lowest BCUT2D eigenvalue weighted by Crippen LogP contribution is -2.53. The number of anilines is 1. The minimum Gasteiger partial charge on any atom is -0.367 e. The Balaban J connectivity index is 0.00000231. The van der Waals surface area contributed by atoms with Crippen molar-refractivity contribution in [3.05, 3.63) is 77.3 Å². The van der Waals surface area contributed by atoms with E-state index in [4.69, 9.17) is 11.6 Å². The van der Waals surface area contributed by atoms with Crippen molar-refractivity contribution in [2.24, 2.45) is 0 Å². The lowest BCUT2D eigenvalue weighted by molar-refractivity contribution is -0.133. The molecule has 2 fully saturated rings. The number of benzene rings is 3. The van der Waals surface area contributed by atoms with E-state index in [0.29, 0.717) is 5.92 Å². The fourth-order valence-electron chi connectivity index (χ4n) is 4.81. The van der Waals surface area contributed by atoms with Crippen LogP contribution in [0.25, 0.3) is 10.8 Å². The molecule has 0 saturated carbocycles. The average molecular weight is 456 g/mol. The van der Waals surface area contributed by atoms with Gasteiger partial charge in [0.2, 0.25) is 5.91 Å². The summed E-state index contributed by atoms with van der Waals surface area (Å²) in [6.07, 6.45) is 0.836. The van der Waals surface area contributed by atoms with Crippen molar-refractivity contribution >= 4 is 46.4 Å². The second-order valence-corrected chi connectivity index (χ2v) is 8.70. The van der Waals surface area contributed by atoms with Gasteiger partial charge in [-0.2, -0.15) is 0 Å². The zero-order valence-corrected chi connectivity index (χ0v) is 18.9. The Bertz CT molecular complexity index is 1060. The number of carbonyl (C=O) groups is 1. The molecule has 0 bridgehead atoms. The molecule has 2 heterocycles. The third-order valence-electron chi connectivity index (χ3n) is 6.45. The Morgan fingerprint density at radius 3 is 2.48 bits per heavy atom. The second kappa shape index (κ2) is 9.47. The van der Waals surface area contributed by atoms with Crippen LogP contribution in [0.3, 0.4) is 0 Å². The number of hydrogen-bond donors (Lipinski definition) is 1. The summed E-state index contributed by atoms with van der Waals surface area (Å²) in [6, 6.07) is 22.9. The Morgan fingerprint density at radius 2 is 1.68 bits per heavy atom. The number of nitrogens with zero attached hydrogens (tertiary/aromatic N) is 2. The van der Waals surface area contributed by atoms with E-state index >= 15 is 0 Å². The molecule has 6 heteroatoms. The third-order valence-corrected chi connectivity index (χ3v) is 6.68. The summed E-state index contributed by atoms with van der Waals surface area (Å²) in [4.78, 5) is 17.6. The van der Waals surface area contributed by atoms with E-state index in [2.05, 4.69) is 58.7 Å². The van der Waals surface area contributed by atoms with Crippen LogP contribution < -0.4 is 10.2 Å². The van der Waals surface area contributed by atoms with Crippen LogP contribution in [0.1, 0.15) is 17.9 Å². The Kier molecular flexibility index (Phi) is 6.71. The summed E-state index contributed by atoms with van der Waals surface area (Å²) < 4.78 is 0. The molecule has 3 aromatic rings. The maximum atomic E-state index is 13.1. The molecule has 2 aliphatic heterocycles. The molecular weight excluding hydrogens is 429 g/mol. The van der Waals surface area contributed by atoms with Gasteiger partial charge in [-0.15, -0.1) is 12.4 Å². The molecule has 5 rings (SSSR count). The van der Waals surface area contributed by atoms with E-state index < -0.39 is 0 Å². The van der Waals surface area contributed by atoms with Crippen molar-refractivity contribution in [2.45, 2.75) is 18.4 Å². The first kappa shape index (κ1) is 21.9. The highest BCUT2D eigenvalue weighted by atomic mass is 35.5. The number of amides is 1. The van der Waals surface area contributed by atoms with E-state index in [1.165, 1.54) is 22.0 Å². The quantitative estimate of drug-likeness (QED) is 0.620. The van der Waals surface area contributed by atoms with Crippen LogP contribution in [-0.4, -0.2) is 49.6 Å². The maximum absolute atomic E-state index is 13.1. The van der Waals surface area contributed by atoms with E-state index in [-0.39, 0.29) is 24.4 Å². The third kappa shape index (κ3) is 4.52. The van der Waals surface area contributed by atoms with Crippen LogP contribution in [0.2, 0.25) is 5.02 Å². The van der Waals surface area contributed by atoms with Gasteiger partial charge in [0.05, 0.1) is 6.04 Å². The predicted molar refractivity (Wildman–Crippen MR) is 131 cm³/mol. The first-order chi connectivity index (χ1) is 14.7. The normalized spacial score (nSPS) is 21.2. The van der Waals surface area contributed by atoms with Gasteiger partial charge in [0.1, 0.15) is 0 Å². The van der Waals surface area contributed by atoms with Crippen LogP contribution in [0.15, 0.2) is 66.7 Å². The van der Waals surface area contributed by atoms with Gasteiger partial charge in [0, 0.05) is 48.8 Å². The molecule has 3 aromatic carbocycles. The van der Waals surface area contributed by atoms with E-state index in [1.807, 2.05) is 23.1 Å². The molecule has 1 N–H and O–H groups in total. The number of carbonyl (C=O) groups excluding carboxylic acids is 1. The summed E-state index contributed by atoms with van der Waals surface area (Å²) in [5.74, 6) is 0.576. The molecule has 2 saturated heterocycles. The Morgan fingerprint density at radius 1 is 0.935 bits per heavy atom. The minimum absolute atomic E-state index is 0. The van der Waals surface area contributed by atoms with Crippen molar-refractivity contribution in [3.8, 4) is 0 Å². The van der Waals surface area contributed by atoms with E-state index in [1.54, 1.807) is 0 Å². The van der Waals surface area contributed by atoms with Gasteiger partial charge in [0.25, 0.3) is 0 Å². The fraction of sp³-hybridized carbons (Fsp3) is 0.320. The molecule has 2 atom stereocenters. The van der Waals surface area contributed by atoms with E-state index in [9.17, 15) is 4.79 Å². The number of halogens is 2. The van der Waals surface area contributed by atoms with Crippen LogP contribution in [0.4, 0.5) is 5.69 Å². The Labute approximate surface area is 194 Å². The molecule has 162 valence electrons. The van der Waals surface area contributed by atoms with Crippen LogP contribution in [0.5, 0.6) is 0 Å². The van der Waals surface area contributed by atoms with Crippen molar-refractivity contribution in [1.82, 2.24) is 10.2 Å². The van der Waals surface area contributed by atoms with Crippen molar-refractivity contribution in [3.63, 3.8) is 0 Å². The highest BCUT2D eigenvalue weighted by molar-refractivity contribution is 6.30. The van der Waals surface area contributed by atoms with Gasteiger partial charge in [-0.1, -0.05) is 60.1 Å². The van der Waals surface area contributed by atoms with E-state index in [0.717, 1.165) is 44.2 Å². The zero-order valence-electron chi connectivity index (χ0n) is 17.3. The van der Waals surface area contributed by atoms with Crippen molar-refractivity contribution in [2.75, 3.05) is 37.6 Å². The fourth-order valence-corrected chi connectivity index (χ4v) is 5.01. The molecular formula is C25H27Cl2N3O. The maximum Gasteiger partial charge on any atom is 0.239 e. The highest BCUT2D eigenvalue weighted by Crippen LogP contribution is 2.30. The molecule has 0 aromatic heterocycles. The van der Waals surface area contributed by atoms with Crippen LogP contribution in [0, 0.1) is 0 Å². The van der Waals surface area contributed by atoms with Gasteiger partial charge in [-0.3, -0.25) is 4.79 Å². The first-order valence-electron chi connectivity index (χ1n) is 10.7. The number of fused-ring (bicyclic) bond motifs is 1. The molecule has 1 amide bonds. The van der Waals surface area contributed by atoms with Gasteiger partial charge in [-0.25, -0.2) is 0 Å². The summed E-state index contributed by atoms with van der Waals surface area (Å²) >= 11 is 6.14. The summed E-state index contributed by atoms with van der Waals surface area (Å²) in [7, 11) is 0.